The molecular formula is C18H17ClFN3O. The molecular weight excluding hydrogens is 329 g/mol. The lowest BCUT2D eigenvalue weighted by Gasteiger charge is -2.24. The van der Waals surface area contributed by atoms with Gasteiger partial charge >= 0.3 is 0 Å². The zero-order valence-electron chi connectivity index (χ0n) is 13.4. The molecule has 0 radical (unpaired) electrons. The van der Waals surface area contributed by atoms with Gasteiger partial charge < -0.3 is 4.98 Å². The van der Waals surface area contributed by atoms with E-state index < -0.39 is 0 Å². The van der Waals surface area contributed by atoms with E-state index in [-0.39, 0.29) is 17.4 Å². The first-order valence-corrected chi connectivity index (χ1v) is 7.97. The van der Waals surface area contributed by atoms with Crippen molar-refractivity contribution in [3.05, 3.63) is 75.0 Å². The Morgan fingerprint density at radius 1 is 1.25 bits per heavy atom. The summed E-state index contributed by atoms with van der Waals surface area (Å²) in [5.74, 6) is 0.190. The molecule has 1 heterocycles. The molecule has 0 aliphatic carbocycles. The van der Waals surface area contributed by atoms with Gasteiger partial charge in [0, 0.05) is 17.1 Å². The number of hydrogen-bond acceptors (Lipinski definition) is 3. The Balaban J connectivity index is 1.91. The molecule has 24 heavy (non-hydrogen) atoms. The van der Waals surface area contributed by atoms with Crippen LogP contribution in [-0.2, 0) is 6.54 Å². The van der Waals surface area contributed by atoms with E-state index in [1.165, 1.54) is 6.07 Å². The molecule has 124 valence electrons. The van der Waals surface area contributed by atoms with Gasteiger partial charge in [-0.25, -0.2) is 9.37 Å². The van der Waals surface area contributed by atoms with Crippen molar-refractivity contribution in [1.29, 1.82) is 0 Å². The highest BCUT2D eigenvalue weighted by molar-refractivity contribution is 6.31. The molecule has 4 nitrogen and oxygen atoms in total. The Morgan fingerprint density at radius 3 is 2.75 bits per heavy atom. The van der Waals surface area contributed by atoms with Gasteiger partial charge in [-0.1, -0.05) is 29.8 Å². The predicted molar refractivity (Wildman–Crippen MR) is 93.7 cm³/mol. The highest BCUT2D eigenvalue weighted by Gasteiger charge is 2.18. The van der Waals surface area contributed by atoms with E-state index >= 15 is 0 Å². The molecule has 3 aromatic rings. The van der Waals surface area contributed by atoms with Crippen LogP contribution >= 0.6 is 11.6 Å². The Kier molecular flexibility index (Phi) is 4.64. The molecule has 0 bridgehead atoms. The summed E-state index contributed by atoms with van der Waals surface area (Å²) in [7, 11) is 1.84. The number of nitrogens with zero attached hydrogens (tertiary/aromatic N) is 2. The van der Waals surface area contributed by atoms with Crippen LogP contribution < -0.4 is 5.56 Å². The number of fused-ring (bicyclic) bond motifs is 1. The van der Waals surface area contributed by atoms with Crippen molar-refractivity contribution in [1.82, 2.24) is 14.9 Å². The molecule has 1 atom stereocenters. The molecule has 1 aromatic heterocycles. The lowest BCUT2D eigenvalue weighted by atomic mass is 10.1. The largest absolute Gasteiger partial charge is 0.309 e. The van der Waals surface area contributed by atoms with E-state index in [2.05, 4.69) is 9.97 Å². The lowest BCUT2D eigenvalue weighted by molar-refractivity contribution is 0.240. The zero-order chi connectivity index (χ0) is 17.3. The molecule has 0 fully saturated rings. The minimum Gasteiger partial charge on any atom is -0.309 e. The molecule has 1 unspecified atom stereocenters. The van der Waals surface area contributed by atoms with Crippen LogP contribution in [-0.4, -0.2) is 21.9 Å². The Hall–Kier alpha value is -2.24. The fraction of sp³-hybridized carbons (Fsp3) is 0.222. The number of H-pyrrole nitrogens is 1. The summed E-state index contributed by atoms with van der Waals surface area (Å²) in [5, 5.41) is 0.933. The van der Waals surface area contributed by atoms with Crippen LogP contribution in [0.5, 0.6) is 0 Å². The molecule has 0 saturated heterocycles. The van der Waals surface area contributed by atoms with Crippen molar-refractivity contribution >= 4 is 22.5 Å². The average molecular weight is 346 g/mol. The maximum absolute atomic E-state index is 14.0. The van der Waals surface area contributed by atoms with E-state index in [9.17, 15) is 9.18 Å². The molecule has 0 saturated carbocycles. The van der Waals surface area contributed by atoms with Gasteiger partial charge in [-0.05, 0) is 38.2 Å². The molecule has 0 aliphatic heterocycles. The first-order valence-electron chi connectivity index (χ1n) is 7.59. The third-order valence-corrected chi connectivity index (χ3v) is 4.51. The van der Waals surface area contributed by atoms with E-state index in [0.717, 1.165) is 0 Å². The van der Waals surface area contributed by atoms with Crippen LogP contribution in [0, 0.1) is 5.82 Å². The molecule has 6 heteroatoms. The highest BCUT2D eigenvalue weighted by atomic mass is 35.5. The van der Waals surface area contributed by atoms with Gasteiger partial charge in [0.25, 0.3) is 5.56 Å². The van der Waals surface area contributed by atoms with E-state index in [1.54, 1.807) is 30.3 Å². The molecule has 3 rings (SSSR count). The van der Waals surface area contributed by atoms with Gasteiger partial charge in [-0.2, -0.15) is 0 Å². The minimum atomic E-state index is -0.346. The summed E-state index contributed by atoms with van der Waals surface area (Å²) in [4.78, 5) is 21.4. The Morgan fingerprint density at radius 2 is 2.00 bits per heavy atom. The number of aromatic amines is 1. The number of hydrogen-bond donors (Lipinski definition) is 1. The van der Waals surface area contributed by atoms with Gasteiger partial charge in [-0.15, -0.1) is 0 Å². The first kappa shape index (κ1) is 16.6. The number of rotatable bonds is 4. The van der Waals surface area contributed by atoms with Gasteiger partial charge in [0.15, 0.2) is 0 Å². The van der Waals surface area contributed by atoms with Crippen LogP contribution in [0.25, 0.3) is 10.9 Å². The van der Waals surface area contributed by atoms with Crippen LogP contribution in [0.15, 0.2) is 47.3 Å². The zero-order valence-corrected chi connectivity index (χ0v) is 14.1. The summed E-state index contributed by atoms with van der Waals surface area (Å²) < 4.78 is 14.0. The van der Waals surface area contributed by atoms with Crippen LogP contribution in [0.2, 0.25) is 5.02 Å². The minimum absolute atomic E-state index is 0.181. The summed E-state index contributed by atoms with van der Waals surface area (Å²) in [6.45, 7) is 2.21. The van der Waals surface area contributed by atoms with E-state index in [0.29, 0.717) is 33.9 Å². The topological polar surface area (TPSA) is 49.0 Å². The summed E-state index contributed by atoms with van der Waals surface area (Å²) >= 11 is 6.09. The lowest BCUT2D eigenvalue weighted by Crippen LogP contribution is -2.26. The highest BCUT2D eigenvalue weighted by Crippen LogP contribution is 2.24. The second kappa shape index (κ2) is 6.71. The summed E-state index contributed by atoms with van der Waals surface area (Å²) in [5.41, 5.74) is 0.886. The molecule has 0 spiro atoms. The SMILES string of the molecule is CC(c1nc2ccccc2c(=O)[nH]1)N(C)Cc1c(F)cccc1Cl. The molecule has 2 aromatic carbocycles. The monoisotopic (exact) mass is 345 g/mol. The maximum Gasteiger partial charge on any atom is 0.258 e. The second-order valence-electron chi connectivity index (χ2n) is 5.76. The van der Waals surface area contributed by atoms with Gasteiger partial charge in [0.05, 0.1) is 16.9 Å². The quantitative estimate of drug-likeness (QED) is 0.780. The number of benzene rings is 2. The van der Waals surface area contributed by atoms with Crippen LogP contribution in [0.3, 0.4) is 0 Å². The average Bonchev–Trinajstić information content (AvgIpc) is 2.57. The number of halogens is 2. The number of nitrogens with one attached hydrogen (secondary N) is 1. The van der Waals surface area contributed by atoms with Crippen LogP contribution in [0.4, 0.5) is 4.39 Å². The van der Waals surface area contributed by atoms with Gasteiger partial charge in [0.2, 0.25) is 0 Å². The normalized spacial score (nSPS) is 12.7. The second-order valence-corrected chi connectivity index (χ2v) is 6.17. The van der Waals surface area contributed by atoms with E-state index in [1.807, 2.05) is 24.9 Å². The van der Waals surface area contributed by atoms with Crippen molar-refractivity contribution < 1.29 is 4.39 Å². The molecule has 0 amide bonds. The van der Waals surface area contributed by atoms with Crippen molar-refractivity contribution in [2.45, 2.75) is 19.5 Å². The van der Waals surface area contributed by atoms with Crippen LogP contribution in [0.1, 0.15) is 24.4 Å². The summed E-state index contributed by atoms with van der Waals surface area (Å²) in [6.07, 6.45) is 0. The smallest absolute Gasteiger partial charge is 0.258 e. The standard InChI is InChI=1S/C18H17ClFN3O/c1-11(23(2)10-13-14(19)7-5-8-15(13)20)17-21-16-9-4-3-6-12(16)18(24)22-17/h3-9,11H,10H2,1-2H3,(H,21,22,24). The first-order chi connectivity index (χ1) is 11.5. The summed E-state index contributed by atoms with van der Waals surface area (Å²) in [6, 6.07) is 11.6. The van der Waals surface area contributed by atoms with Crippen molar-refractivity contribution in [2.24, 2.45) is 0 Å². The van der Waals surface area contributed by atoms with E-state index in [4.69, 9.17) is 11.6 Å². The van der Waals surface area contributed by atoms with Crippen molar-refractivity contribution in [3.63, 3.8) is 0 Å². The Bertz CT molecular complexity index is 921. The molecule has 1 N–H and O–H groups in total. The third-order valence-electron chi connectivity index (χ3n) is 4.16. The fourth-order valence-corrected chi connectivity index (χ4v) is 2.80. The third kappa shape index (κ3) is 3.18. The predicted octanol–water partition coefficient (Wildman–Crippen LogP) is 3.91. The van der Waals surface area contributed by atoms with Gasteiger partial charge in [0.1, 0.15) is 11.6 Å². The fourth-order valence-electron chi connectivity index (χ4n) is 2.58. The van der Waals surface area contributed by atoms with Gasteiger partial charge in [-0.3, -0.25) is 9.69 Å². The number of aromatic nitrogens is 2. The van der Waals surface area contributed by atoms with Crippen molar-refractivity contribution in [3.8, 4) is 0 Å². The number of para-hydroxylation sites is 1. The van der Waals surface area contributed by atoms with Crippen molar-refractivity contribution in [2.75, 3.05) is 7.05 Å². The Labute approximate surface area is 143 Å². The maximum atomic E-state index is 14.0. The molecule has 0 aliphatic rings.